The first-order valence-electron chi connectivity index (χ1n) is 9.43. The molecule has 0 bridgehead atoms. The topological polar surface area (TPSA) is 128 Å². The minimum Gasteiger partial charge on any atom is -0.446 e. The number of hydrogen-bond acceptors (Lipinski definition) is 7. The monoisotopic (exact) mass is 424 g/mol. The van der Waals surface area contributed by atoms with Crippen LogP contribution in [0, 0.1) is 6.92 Å². The molecule has 160 valence electrons. The molecule has 2 aromatic heterocycles. The van der Waals surface area contributed by atoms with Crippen LogP contribution in [-0.2, 0) is 21.8 Å². The van der Waals surface area contributed by atoms with Gasteiger partial charge >= 0.3 is 6.09 Å². The number of rotatable bonds is 9. The van der Waals surface area contributed by atoms with E-state index >= 15 is 0 Å². The van der Waals surface area contributed by atoms with Crippen LogP contribution in [0.4, 0.5) is 16.3 Å². The third-order valence-corrected chi connectivity index (χ3v) is 4.78. The Kier molecular flexibility index (Phi) is 7.54. The Labute approximate surface area is 171 Å². The van der Waals surface area contributed by atoms with E-state index < -0.39 is 16.1 Å². The number of carbonyl (C=O) groups excluding carboxylic acids is 1. The molecule has 0 aliphatic heterocycles. The second kappa shape index (κ2) is 9.68. The van der Waals surface area contributed by atoms with Gasteiger partial charge in [0.05, 0.1) is 23.3 Å². The molecule has 0 radical (unpaired) electrons. The summed E-state index contributed by atoms with van der Waals surface area (Å²) in [5, 5.41) is 10.7. The highest BCUT2D eigenvalue weighted by atomic mass is 32.2. The van der Waals surface area contributed by atoms with Gasteiger partial charge in [-0.05, 0) is 38.8 Å². The molecule has 1 amide bonds. The van der Waals surface area contributed by atoms with E-state index in [1.165, 1.54) is 4.68 Å². The molecule has 0 saturated carbocycles. The first kappa shape index (κ1) is 22.6. The summed E-state index contributed by atoms with van der Waals surface area (Å²) in [6.07, 6.45) is 4.28. The molecule has 2 heterocycles. The molecule has 2 N–H and O–H groups in total. The van der Waals surface area contributed by atoms with Gasteiger partial charge in [-0.2, -0.15) is 0 Å². The van der Waals surface area contributed by atoms with Crippen LogP contribution in [-0.4, -0.2) is 46.8 Å². The van der Waals surface area contributed by atoms with E-state index in [1.807, 2.05) is 6.92 Å². The Morgan fingerprint density at radius 3 is 2.66 bits per heavy atom. The Balaban J connectivity index is 2.15. The van der Waals surface area contributed by atoms with Crippen molar-refractivity contribution in [2.24, 2.45) is 7.05 Å². The molecule has 2 rings (SSSR count). The molecule has 10 nitrogen and oxygen atoms in total. The van der Waals surface area contributed by atoms with Crippen LogP contribution in [0.3, 0.4) is 0 Å². The van der Waals surface area contributed by atoms with E-state index in [2.05, 4.69) is 32.3 Å². The molecule has 0 aromatic carbocycles. The summed E-state index contributed by atoms with van der Waals surface area (Å²) < 4.78 is 32.1. The summed E-state index contributed by atoms with van der Waals surface area (Å²) in [6.45, 7) is 5.65. The highest BCUT2D eigenvalue weighted by Gasteiger charge is 2.19. The Bertz CT molecular complexity index is 957. The first-order chi connectivity index (χ1) is 13.6. The number of unbranched alkanes of at least 4 members (excludes halogenated alkanes) is 2. The largest absolute Gasteiger partial charge is 0.446 e. The maximum Gasteiger partial charge on any atom is 0.413 e. The molecule has 1 atom stereocenters. The predicted octanol–water partition coefficient (Wildman–Crippen LogP) is 3.07. The van der Waals surface area contributed by atoms with E-state index in [4.69, 9.17) is 4.74 Å². The van der Waals surface area contributed by atoms with Crippen LogP contribution in [0.1, 0.15) is 45.2 Å². The fourth-order valence-electron chi connectivity index (χ4n) is 2.72. The molecule has 0 unspecified atom stereocenters. The summed E-state index contributed by atoms with van der Waals surface area (Å²) in [7, 11) is -1.77. The number of anilines is 2. The van der Waals surface area contributed by atoms with Crippen LogP contribution in [0.15, 0.2) is 12.1 Å². The van der Waals surface area contributed by atoms with E-state index in [9.17, 15) is 13.2 Å². The van der Waals surface area contributed by atoms with Crippen molar-refractivity contribution in [1.82, 2.24) is 20.0 Å². The maximum atomic E-state index is 12.3. The highest BCUT2D eigenvalue weighted by Crippen LogP contribution is 2.26. The number of aromatic nitrogens is 4. The molecule has 0 aliphatic rings. The molecule has 0 spiro atoms. The van der Waals surface area contributed by atoms with E-state index in [1.54, 1.807) is 26.1 Å². The summed E-state index contributed by atoms with van der Waals surface area (Å²) in [5.74, 6) is 0.339. The molecule has 0 saturated heterocycles. The van der Waals surface area contributed by atoms with Gasteiger partial charge in [-0.25, -0.2) is 22.9 Å². The van der Waals surface area contributed by atoms with E-state index in [0.29, 0.717) is 28.6 Å². The second-order valence-corrected chi connectivity index (χ2v) is 8.70. The molecule has 11 heteroatoms. The molecular weight excluding hydrogens is 396 g/mol. The lowest BCUT2D eigenvalue weighted by Crippen LogP contribution is -2.21. The summed E-state index contributed by atoms with van der Waals surface area (Å²) in [4.78, 5) is 16.7. The van der Waals surface area contributed by atoms with Crippen molar-refractivity contribution in [1.29, 1.82) is 0 Å². The number of amides is 1. The number of pyridine rings is 1. The smallest absolute Gasteiger partial charge is 0.413 e. The fourth-order valence-corrected chi connectivity index (χ4v) is 3.34. The van der Waals surface area contributed by atoms with Crippen molar-refractivity contribution in [3.05, 3.63) is 17.8 Å². The lowest BCUT2D eigenvalue weighted by molar-refractivity contribution is 0.114. The van der Waals surface area contributed by atoms with Gasteiger partial charge in [-0.3, -0.25) is 10.0 Å². The van der Waals surface area contributed by atoms with E-state index in [0.717, 1.165) is 31.9 Å². The Morgan fingerprint density at radius 2 is 2.03 bits per heavy atom. The zero-order chi connectivity index (χ0) is 21.6. The van der Waals surface area contributed by atoms with Crippen molar-refractivity contribution in [3.63, 3.8) is 0 Å². The van der Waals surface area contributed by atoms with Gasteiger partial charge in [-0.1, -0.05) is 25.0 Å². The van der Waals surface area contributed by atoms with Gasteiger partial charge in [0.25, 0.3) is 0 Å². The predicted molar refractivity (Wildman–Crippen MR) is 111 cm³/mol. The average molecular weight is 425 g/mol. The van der Waals surface area contributed by atoms with Gasteiger partial charge in [0.2, 0.25) is 10.0 Å². The van der Waals surface area contributed by atoms with Crippen molar-refractivity contribution in [3.8, 4) is 11.4 Å². The van der Waals surface area contributed by atoms with Gasteiger partial charge in [-0.15, -0.1) is 5.10 Å². The molecule has 2 aromatic rings. The quantitative estimate of drug-likeness (QED) is 0.592. The van der Waals surface area contributed by atoms with Crippen molar-refractivity contribution in [2.75, 3.05) is 16.3 Å². The van der Waals surface area contributed by atoms with Crippen molar-refractivity contribution < 1.29 is 17.9 Å². The number of aryl methyl sites for hydroxylation is 2. The zero-order valence-electron chi connectivity index (χ0n) is 17.4. The lowest BCUT2D eigenvalue weighted by Gasteiger charge is -2.14. The second-order valence-electron chi connectivity index (χ2n) is 6.95. The van der Waals surface area contributed by atoms with Crippen LogP contribution in [0.25, 0.3) is 11.4 Å². The fraction of sp³-hybridized carbons (Fsp3) is 0.556. The van der Waals surface area contributed by atoms with Crippen LogP contribution in [0.2, 0.25) is 0 Å². The number of nitrogens with zero attached hydrogens (tertiary/aromatic N) is 4. The van der Waals surface area contributed by atoms with E-state index in [-0.39, 0.29) is 6.10 Å². The normalized spacial score (nSPS) is 12.4. The third kappa shape index (κ3) is 6.70. The first-order valence-corrected chi connectivity index (χ1v) is 11.3. The van der Waals surface area contributed by atoms with Crippen LogP contribution < -0.4 is 10.0 Å². The Hall–Kier alpha value is -2.69. The zero-order valence-corrected chi connectivity index (χ0v) is 18.2. The number of ether oxygens (including phenoxy) is 1. The van der Waals surface area contributed by atoms with Gasteiger partial charge in [0, 0.05) is 7.05 Å². The average Bonchev–Trinajstić information content (AvgIpc) is 2.96. The molecule has 0 fully saturated rings. The molecule has 0 aliphatic carbocycles. The number of sulfonamides is 1. The maximum absolute atomic E-state index is 12.3. The highest BCUT2D eigenvalue weighted by molar-refractivity contribution is 7.92. The summed E-state index contributed by atoms with van der Waals surface area (Å²) in [6, 6.07) is 3.19. The summed E-state index contributed by atoms with van der Waals surface area (Å²) >= 11 is 0. The lowest BCUT2D eigenvalue weighted by atomic mass is 10.1. The van der Waals surface area contributed by atoms with Crippen LogP contribution >= 0.6 is 0 Å². The number of hydrogen-bond donors (Lipinski definition) is 2. The van der Waals surface area contributed by atoms with Crippen molar-refractivity contribution in [2.45, 2.75) is 52.6 Å². The standard InChI is InChI=1S/C18H28N6O4S/c1-6-7-8-9-12(2)28-18(25)20-17-16(21-23-24(17)4)15-11-10-14(13(3)19-15)22-29(5,26)27/h10-12,22H,6-9H2,1-5H3,(H,20,25)/t12-/m1/s1. The van der Waals surface area contributed by atoms with Crippen molar-refractivity contribution >= 4 is 27.6 Å². The minimum absolute atomic E-state index is 0.201. The number of nitrogens with one attached hydrogen (secondary N) is 2. The SMILES string of the molecule is CCCCC[C@@H](C)OC(=O)Nc1c(-c2ccc(NS(C)(=O)=O)c(C)n2)nnn1C. The third-order valence-electron chi connectivity index (χ3n) is 4.19. The summed E-state index contributed by atoms with van der Waals surface area (Å²) in [5.41, 5.74) is 1.64. The van der Waals surface area contributed by atoms with Gasteiger partial charge in [0.1, 0.15) is 6.10 Å². The minimum atomic E-state index is -3.41. The molecular formula is C18H28N6O4S. The Morgan fingerprint density at radius 1 is 1.31 bits per heavy atom. The number of carbonyl (C=O) groups is 1. The molecule has 29 heavy (non-hydrogen) atoms. The van der Waals surface area contributed by atoms with Crippen LogP contribution in [0.5, 0.6) is 0 Å². The van der Waals surface area contributed by atoms with Gasteiger partial charge < -0.3 is 4.74 Å². The van der Waals surface area contributed by atoms with Gasteiger partial charge in [0.15, 0.2) is 11.5 Å².